The highest BCUT2D eigenvalue weighted by Crippen LogP contribution is 2.21. The number of benzene rings is 2. The van der Waals surface area contributed by atoms with Crippen molar-refractivity contribution in [2.24, 2.45) is 0 Å². The third-order valence-electron chi connectivity index (χ3n) is 3.63. The number of rotatable bonds is 6. The molecule has 0 heterocycles. The van der Waals surface area contributed by atoms with Crippen LogP contribution in [0.25, 0.3) is 0 Å². The number of hydrogen-bond acceptors (Lipinski definition) is 3. The first-order valence-electron chi connectivity index (χ1n) is 7.82. The van der Waals surface area contributed by atoms with Crippen LogP contribution in [0, 0.1) is 20.8 Å². The Bertz CT molecular complexity index is 872. The fourth-order valence-electron chi connectivity index (χ4n) is 2.75. The second kappa shape index (κ2) is 7.99. The van der Waals surface area contributed by atoms with Crippen LogP contribution < -0.4 is 10.0 Å². The Hall–Kier alpha value is -1.89. The maximum atomic E-state index is 12.5. The minimum absolute atomic E-state index is 0.0154. The number of halogens is 1. The number of hydrogen-bond donors (Lipinski definition) is 2. The maximum absolute atomic E-state index is 12.5. The monoisotopic (exact) mass is 380 g/mol. The molecule has 2 N–H and O–H groups in total. The Morgan fingerprint density at radius 3 is 2.32 bits per heavy atom. The lowest BCUT2D eigenvalue weighted by molar-refractivity contribution is -0.116. The van der Waals surface area contributed by atoms with E-state index in [2.05, 4.69) is 10.0 Å². The van der Waals surface area contributed by atoms with E-state index in [-0.39, 0.29) is 23.8 Å². The van der Waals surface area contributed by atoms with Crippen LogP contribution in [-0.4, -0.2) is 20.9 Å². The first-order chi connectivity index (χ1) is 11.7. The van der Waals surface area contributed by atoms with Gasteiger partial charge in [0.05, 0.1) is 4.90 Å². The standard InChI is InChI=1S/C18H21ClN2O3S/c1-12-9-13(2)18(14(3)10-12)25(23,24)20-8-7-17(22)21-16-6-4-5-15(19)11-16/h4-6,9-11,20H,7-8H2,1-3H3,(H,21,22). The van der Waals surface area contributed by atoms with E-state index in [1.807, 2.05) is 19.1 Å². The molecule has 0 saturated carbocycles. The van der Waals surface area contributed by atoms with Crippen molar-refractivity contribution in [2.45, 2.75) is 32.1 Å². The van der Waals surface area contributed by atoms with Gasteiger partial charge in [0.15, 0.2) is 0 Å². The quantitative estimate of drug-likeness (QED) is 0.804. The highest BCUT2D eigenvalue weighted by molar-refractivity contribution is 7.89. The van der Waals surface area contributed by atoms with Gasteiger partial charge in [-0.3, -0.25) is 4.79 Å². The number of anilines is 1. The highest BCUT2D eigenvalue weighted by Gasteiger charge is 2.19. The van der Waals surface area contributed by atoms with E-state index in [0.717, 1.165) is 5.56 Å². The second-order valence-corrected chi connectivity index (χ2v) is 8.07. The number of amides is 1. The van der Waals surface area contributed by atoms with Gasteiger partial charge in [-0.2, -0.15) is 0 Å². The molecule has 0 fully saturated rings. The van der Waals surface area contributed by atoms with Gasteiger partial charge < -0.3 is 5.32 Å². The van der Waals surface area contributed by atoms with Crippen LogP contribution in [0.5, 0.6) is 0 Å². The summed E-state index contributed by atoms with van der Waals surface area (Å²) in [4.78, 5) is 12.2. The van der Waals surface area contributed by atoms with Gasteiger partial charge in [-0.15, -0.1) is 0 Å². The molecule has 25 heavy (non-hydrogen) atoms. The van der Waals surface area contributed by atoms with E-state index >= 15 is 0 Å². The first kappa shape index (κ1) is 19.4. The van der Waals surface area contributed by atoms with Gasteiger partial charge in [-0.1, -0.05) is 35.4 Å². The lowest BCUT2D eigenvalue weighted by atomic mass is 10.1. The van der Waals surface area contributed by atoms with Crippen LogP contribution in [-0.2, 0) is 14.8 Å². The summed E-state index contributed by atoms with van der Waals surface area (Å²) in [7, 11) is -3.66. The molecule has 5 nitrogen and oxygen atoms in total. The molecule has 0 bridgehead atoms. The van der Waals surface area contributed by atoms with E-state index < -0.39 is 10.0 Å². The number of carbonyl (C=O) groups excluding carboxylic acids is 1. The van der Waals surface area contributed by atoms with Crippen LogP contribution >= 0.6 is 11.6 Å². The Balaban J connectivity index is 1.98. The number of sulfonamides is 1. The lowest BCUT2D eigenvalue weighted by Crippen LogP contribution is -2.29. The zero-order valence-corrected chi connectivity index (χ0v) is 16.0. The van der Waals surface area contributed by atoms with Gasteiger partial charge in [0.25, 0.3) is 0 Å². The summed E-state index contributed by atoms with van der Waals surface area (Å²) >= 11 is 5.86. The minimum atomic E-state index is -3.66. The first-order valence-corrected chi connectivity index (χ1v) is 9.68. The van der Waals surface area contributed by atoms with Crippen molar-refractivity contribution >= 4 is 33.2 Å². The lowest BCUT2D eigenvalue weighted by Gasteiger charge is -2.13. The summed E-state index contributed by atoms with van der Waals surface area (Å²) in [6.07, 6.45) is 0.0235. The van der Waals surface area contributed by atoms with Crippen LogP contribution in [0.15, 0.2) is 41.3 Å². The molecular weight excluding hydrogens is 360 g/mol. The number of aryl methyl sites for hydroxylation is 3. The van der Waals surface area contributed by atoms with E-state index in [4.69, 9.17) is 11.6 Å². The average Bonchev–Trinajstić information content (AvgIpc) is 2.45. The fraction of sp³-hybridized carbons (Fsp3) is 0.278. The van der Waals surface area contributed by atoms with Crippen molar-refractivity contribution in [3.63, 3.8) is 0 Å². The Morgan fingerprint density at radius 1 is 1.08 bits per heavy atom. The zero-order chi connectivity index (χ0) is 18.6. The largest absolute Gasteiger partial charge is 0.326 e. The van der Waals surface area contributed by atoms with Crippen molar-refractivity contribution < 1.29 is 13.2 Å². The molecule has 0 aromatic heterocycles. The summed E-state index contributed by atoms with van der Waals surface area (Å²) in [5, 5.41) is 3.20. The molecule has 2 rings (SSSR count). The van der Waals surface area contributed by atoms with Crippen molar-refractivity contribution in [3.8, 4) is 0 Å². The van der Waals surface area contributed by atoms with Crippen LogP contribution in [0.1, 0.15) is 23.1 Å². The molecule has 0 aliphatic carbocycles. The van der Waals surface area contributed by atoms with Gasteiger partial charge in [0.1, 0.15) is 0 Å². The molecule has 134 valence electrons. The maximum Gasteiger partial charge on any atom is 0.241 e. The molecule has 0 unspecified atom stereocenters. The van der Waals surface area contributed by atoms with E-state index in [1.54, 1.807) is 38.1 Å². The highest BCUT2D eigenvalue weighted by atomic mass is 35.5. The smallest absolute Gasteiger partial charge is 0.241 e. The van der Waals surface area contributed by atoms with E-state index in [0.29, 0.717) is 21.8 Å². The normalized spacial score (nSPS) is 11.4. The van der Waals surface area contributed by atoms with Gasteiger partial charge in [-0.25, -0.2) is 13.1 Å². The SMILES string of the molecule is Cc1cc(C)c(S(=O)(=O)NCCC(=O)Nc2cccc(Cl)c2)c(C)c1. The van der Waals surface area contributed by atoms with Gasteiger partial charge in [0, 0.05) is 23.7 Å². The molecule has 0 spiro atoms. The third kappa shape index (κ3) is 5.29. The molecule has 1 amide bonds. The fourth-order valence-corrected chi connectivity index (χ4v) is 4.42. The van der Waals surface area contributed by atoms with Gasteiger partial charge >= 0.3 is 0 Å². The summed E-state index contributed by atoms with van der Waals surface area (Å²) in [6.45, 7) is 5.46. The molecule has 0 radical (unpaired) electrons. The van der Waals surface area contributed by atoms with Crippen molar-refractivity contribution in [1.29, 1.82) is 0 Å². The molecule has 7 heteroatoms. The Kier molecular flexibility index (Phi) is 6.21. The van der Waals surface area contributed by atoms with Crippen molar-refractivity contribution in [1.82, 2.24) is 4.72 Å². The summed E-state index contributed by atoms with van der Waals surface area (Å²) in [5.41, 5.74) is 2.96. The molecule has 0 atom stereocenters. The molecule has 2 aromatic carbocycles. The average molecular weight is 381 g/mol. The van der Waals surface area contributed by atoms with E-state index in [9.17, 15) is 13.2 Å². The summed E-state index contributed by atoms with van der Waals surface area (Å²) in [6, 6.07) is 10.4. The minimum Gasteiger partial charge on any atom is -0.326 e. The van der Waals surface area contributed by atoms with Gasteiger partial charge in [0.2, 0.25) is 15.9 Å². The summed E-state index contributed by atoms with van der Waals surface area (Å²) in [5.74, 6) is -0.290. The number of nitrogens with one attached hydrogen (secondary N) is 2. The van der Waals surface area contributed by atoms with Crippen molar-refractivity contribution in [3.05, 3.63) is 58.1 Å². The molecule has 0 saturated heterocycles. The second-order valence-electron chi connectivity index (χ2n) is 5.93. The third-order valence-corrected chi connectivity index (χ3v) is 5.63. The van der Waals surface area contributed by atoms with Crippen LogP contribution in [0.4, 0.5) is 5.69 Å². The van der Waals surface area contributed by atoms with Gasteiger partial charge in [-0.05, 0) is 50.1 Å². The van der Waals surface area contributed by atoms with E-state index in [1.165, 1.54) is 0 Å². The predicted molar refractivity (Wildman–Crippen MR) is 101 cm³/mol. The Morgan fingerprint density at radius 2 is 1.72 bits per heavy atom. The molecule has 0 aliphatic heterocycles. The zero-order valence-electron chi connectivity index (χ0n) is 14.4. The Labute approximate surface area is 153 Å². The molecular formula is C18H21ClN2O3S. The topological polar surface area (TPSA) is 75.3 Å². The molecule has 2 aromatic rings. The van der Waals surface area contributed by atoms with Crippen molar-refractivity contribution in [2.75, 3.05) is 11.9 Å². The number of carbonyl (C=O) groups is 1. The summed E-state index contributed by atoms with van der Waals surface area (Å²) < 4.78 is 27.5. The van der Waals surface area contributed by atoms with Crippen LogP contribution in [0.3, 0.4) is 0 Å². The predicted octanol–water partition coefficient (Wildman–Crippen LogP) is 3.57. The molecule has 0 aliphatic rings. The van der Waals surface area contributed by atoms with Crippen LogP contribution in [0.2, 0.25) is 5.02 Å².